The number of aliphatic carboxylic acids is 1. The third-order valence-corrected chi connectivity index (χ3v) is 6.14. The van der Waals surface area contributed by atoms with Gasteiger partial charge in [0.25, 0.3) is 0 Å². The summed E-state index contributed by atoms with van der Waals surface area (Å²) in [5, 5.41) is 9.93. The summed E-state index contributed by atoms with van der Waals surface area (Å²) >= 11 is 0. The molecule has 2 heterocycles. The van der Waals surface area contributed by atoms with Gasteiger partial charge in [0.05, 0.1) is 12.0 Å². The molecule has 0 radical (unpaired) electrons. The largest absolute Gasteiger partial charge is 0.481 e. The Morgan fingerprint density at radius 3 is 2.41 bits per heavy atom. The van der Waals surface area contributed by atoms with Crippen LogP contribution in [0.2, 0.25) is 0 Å². The SMILES string of the molecule is CC1(C)CCCN(C(=O)C2CC(C(=O)O)C(c3ccccc3F)N2C(=O)OC(C)(C)C)C1. The van der Waals surface area contributed by atoms with Crippen LogP contribution >= 0.6 is 0 Å². The fourth-order valence-electron chi connectivity index (χ4n) is 4.79. The molecule has 0 bridgehead atoms. The standard InChI is InChI=1S/C24H33FN2O5/c1-23(2,3)32-22(31)27-18(20(28)26-12-8-11-24(4,5)14-26)13-16(21(29)30)19(27)15-9-6-7-10-17(15)25/h6-7,9-10,16,18-19H,8,11-14H2,1-5H3,(H,29,30). The molecular formula is C24H33FN2O5. The van der Waals surface area contributed by atoms with Crippen LogP contribution in [0.3, 0.4) is 0 Å². The van der Waals surface area contributed by atoms with Crippen molar-refractivity contribution in [3.63, 3.8) is 0 Å². The Labute approximate surface area is 188 Å². The number of carboxylic acids is 1. The molecule has 8 heteroatoms. The first-order chi connectivity index (χ1) is 14.8. The van der Waals surface area contributed by atoms with Crippen LogP contribution in [0.15, 0.2) is 24.3 Å². The number of nitrogens with zero attached hydrogens (tertiary/aromatic N) is 2. The number of piperidine rings is 1. The molecular weight excluding hydrogens is 415 g/mol. The first kappa shape index (κ1) is 24.0. The van der Waals surface area contributed by atoms with Crippen LogP contribution in [0, 0.1) is 17.2 Å². The lowest BCUT2D eigenvalue weighted by atomic mass is 9.84. The van der Waals surface area contributed by atoms with E-state index in [4.69, 9.17) is 4.74 Å². The van der Waals surface area contributed by atoms with Crippen LogP contribution < -0.4 is 0 Å². The smallest absolute Gasteiger partial charge is 0.411 e. The van der Waals surface area contributed by atoms with Crippen molar-refractivity contribution in [3.05, 3.63) is 35.6 Å². The maximum absolute atomic E-state index is 14.8. The van der Waals surface area contributed by atoms with Crippen LogP contribution in [-0.4, -0.2) is 57.6 Å². The Morgan fingerprint density at radius 1 is 1.19 bits per heavy atom. The second kappa shape index (κ2) is 8.71. The molecule has 3 unspecified atom stereocenters. The zero-order valence-electron chi connectivity index (χ0n) is 19.4. The first-order valence-electron chi connectivity index (χ1n) is 11.1. The number of carbonyl (C=O) groups is 3. The molecule has 176 valence electrons. The van der Waals surface area contributed by atoms with E-state index in [0.717, 1.165) is 17.7 Å². The number of halogens is 1. The number of likely N-dealkylation sites (tertiary alicyclic amines) is 2. The normalized spacial score (nSPS) is 25.5. The van der Waals surface area contributed by atoms with Crippen LogP contribution in [-0.2, 0) is 14.3 Å². The Balaban J connectivity index is 2.04. The third kappa shape index (κ3) is 5.05. The monoisotopic (exact) mass is 448 g/mol. The van der Waals surface area contributed by atoms with Crippen LogP contribution in [0.1, 0.15) is 65.5 Å². The lowest BCUT2D eigenvalue weighted by molar-refractivity contribution is -0.142. The summed E-state index contributed by atoms with van der Waals surface area (Å²) in [6.45, 7) is 10.3. The van der Waals surface area contributed by atoms with E-state index in [9.17, 15) is 23.9 Å². The minimum atomic E-state index is -1.18. The van der Waals surface area contributed by atoms with Crippen molar-refractivity contribution >= 4 is 18.0 Å². The van der Waals surface area contributed by atoms with Gasteiger partial charge in [-0.2, -0.15) is 0 Å². The number of benzene rings is 1. The summed E-state index contributed by atoms with van der Waals surface area (Å²) in [6.07, 6.45) is 0.900. The summed E-state index contributed by atoms with van der Waals surface area (Å²) in [4.78, 5) is 41.9. The van der Waals surface area contributed by atoms with Crippen molar-refractivity contribution in [3.8, 4) is 0 Å². The molecule has 2 fully saturated rings. The number of carboxylic acid groups (broad SMARTS) is 1. The molecule has 0 aliphatic carbocycles. The average Bonchev–Trinajstić information content (AvgIpc) is 3.06. The Morgan fingerprint density at radius 2 is 1.84 bits per heavy atom. The van der Waals surface area contributed by atoms with E-state index >= 15 is 0 Å². The highest BCUT2D eigenvalue weighted by molar-refractivity contribution is 5.89. The van der Waals surface area contributed by atoms with Gasteiger partial charge in [0.1, 0.15) is 17.5 Å². The molecule has 1 aromatic rings. The molecule has 1 N–H and O–H groups in total. The van der Waals surface area contributed by atoms with Crippen molar-refractivity contribution in [1.29, 1.82) is 0 Å². The number of hydrogen-bond donors (Lipinski definition) is 1. The summed E-state index contributed by atoms with van der Waals surface area (Å²) in [5.41, 5.74) is -0.862. The van der Waals surface area contributed by atoms with Crippen molar-refractivity contribution in [2.45, 2.75) is 71.6 Å². The lowest BCUT2D eigenvalue weighted by Gasteiger charge is -2.40. The van der Waals surface area contributed by atoms with E-state index in [-0.39, 0.29) is 23.3 Å². The average molecular weight is 449 g/mol. The quantitative estimate of drug-likeness (QED) is 0.748. The zero-order chi connectivity index (χ0) is 23.8. The maximum Gasteiger partial charge on any atom is 0.411 e. The molecule has 2 saturated heterocycles. The Bertz CT molecular complexity index is 895. The molecule has 2 amide bonds. The van der Waals surface area contributed by atoms with Crippen molar-refractivity contribution < 1.29 is 28.6 Å². The highest BCUT2D eigenvalue weighted by atomic mass is 19.1. The third-order valence-electron chi connectivity index (χ3n) is 6.14. The van der Waals surface area contributed by atoms with Crippen LogP contribution in [0.25, 0.3) is 0 Å². The Kier molecular flexibility index (Phi) is 6.54. The van der Waals surface area contributed by atoms with Crippen molar-refractivity contribution in [2.24, 2.45) is 11.3 Å². The van der Waals surface area contributed by atoms with Gasteiger partial charge in [-0.05, 0) is 51.5 Å². The topological polar surface area (TPSA) is 87.2 Å². The maximum atomic E-state index is 14.8. The van der Waals surface area contributed by atoms with E-state index in [1.54, 1.807) is 31.7 Å². The molecule has 3 atom stereocenters. The number of amides is 2. The fourth-order valence-corrected chi connectivity index (χ4v) is 4.79. The first-order valence-corrected chi connectivity index (χ1v) is 11.1. The van der Waals surface area contributed by atoms with E-state index in [1.807, 2.05) is 0 Å². The van der Waals surface area contributed by atoms with E-state index in [2.05, 4.69) is 13.8 Å². The summed E-state index contributed by atoms with van der Waals surface area (Å²) in [5.74, 6) is -3.24. The molecule has 0 aromatic heterocycles. The zero-order valence-corrected chi connectivity index (χ0v) is 19.4. The molecule has 7 nitrogen and oxygen atoms in total. The predicted octanol–water partition coefficient (Wildman–Crippen LogP) is 4.23. The predicted molar refractivity (Wildman–Crippen MR) is 116 cm³/mol. The number of ether oxygens (including phenoxy) is 1. The van der Waals surface area contributed by atoms with Gasteiger partial charge < -0.3 is 14.7 Å². The molecule has 3 rings (SSSR count). The van der Waals surface area contributed by atoms with Gasteiger partial charge in [-0.1, -0.05) is 32.0 Å². The van der Waals surface area contributed by atoms with E-state index in [1.165, 1.54) is 18.2 Å². The van der Waals surface area contributed by atoms with Crippen molar-refractivity contribution in [2.75, 3.05) is 13.1 Å². The lowest BCUT2D eigenvalue weighted by Crippen LogP contribution is -2.53. The second-order valence-corrected chi connectivity index (χ2v) is 10.6. The van der Waals surface area contributed by atoms with Crippen LogP contribution in [0.5, 0.6) is 0 Å². The second-order valence-electron chi connectivity index (χ2n) is 10.6. The van der Waals surface area contributed by atoms with Gasteiger partial charge in [-0.15, -0.1) is 0 Å². The number of hydrogen-bond acceptors (Lipinski definition) is 4. The summed E-state index contributed by atoms with van der Waals surface area (Å²) in [6, 6.07) is 3.60. The van der Waals surface area contributed by atoms with Gasteiger partial charge in [0.2, 0.25) is 5.91 Å². The number of rotatable bonds is 3. The minimum absolute atomic E-state index is 0.0690. The summed E-state index contributed by atoms with van der Waals surface area (Å²) in [7, 11) is 0. The highest BCUT2D eigenvalue weighted by Gasteiger charge is 2.53. The molecule has 0 spiro atoms. The molecule has 2 aliphatic heterocycles. The van der Waals surface area contributed by atoms with Gasteiger partial charge in [-0.3, -0.25) is 14.5 Å². The molecule has 2 aliphatic rings. The fraction of sp³-hybridized carbons (Fsp3) is 0.625. The van der Waals surface area contributed by atoms with Crippen molar-refractivity contribution in [1.82, 2.24) is 9.80 Å². The van der Waals surface area contributed by atoms with Gasteiger partial charge >= 0.3 is 12.1 Å². The Hall–Kier alpha value is -2.64. The van der Waals surface area contributed by atoms with Gasteiger partial charge in [-0.25, -0.2) is 9.18 Å². The summed E-state index contributed by atoms with van der Waals surface area (Å²) < 4.78 is 20.3. The highest BCUT2D eigenvalue weighted by Crippen LogP contribution is 2.44. The molecule has 0 saturated carbocycles. The van der Waals surface area contributed by atoms with Crippen LogP contribution in [0.4, 0.5) is 9.18 Å². The number of carbonyl (C=O) groups excluding carboxylic acids is 2. The van der Waals surface area contributed by atoms with E-state index in [0.29, 0.717) is 13.1 Å². The molecule has 1 aromatic carbocycles. The van der Waals surface area contributed by atoms with E-state index < -0.39 is 41.5 Å². The molecule has 32 heavy (non-hydrogen) atoms. The van der Waals surface area contributed by atoms with Gasteiger partial charge in [0, 0.05) is 18.7 Å². The minimum Gasteiger partial charge on any atom is -0.481 e. The van der Waals surface area contributed by atoms with Gasteiger partial charge in [0.15, 0.2) is 0 Å².